The summed E-state index contributed by atoms with van der Waals surface area (Å²) in [4.78, 5) is 28.8. The van der Waals surface area contributed by atoms with Crippen LogP contribution in [0.5, 0.6) is 0 Å². The van der Waals surface area contributed by atoms with Crippen molar-refractivity contribution in [3.05, 3.63) is 92.5 Å². The third-order valence-corrected chi connectivity index (χ3v) is 7.41. The average Bonchev–Trinajstić information content (AvgIpc) is 3.23. The fourth-order valence-corrected chi connectivity index (χ4v) is 5.37. The zero-order valence-electron chi connectivity index (χ0n) is 17.6. The Morgan fingerprint density at radius 2 is 2.03 bits per heavy atom. The van der Waals surface area contributed by atoms with E-state index in [0.29, 0.717) is 31.1 Å². The SMILES string of the molecule is Cc1c(Cl)cccc1NC(=O)/C(C#N)=C/c1ccc(Sc2nc3ccccc3s2)c([N+](=O)[O-])c1. The molecule has 4 aromatic rings. The summed E-state index contributed by atoms with van der Waals surface area (Å²) in [5.74, 6) is -0.636. The van der Waals surface area contributed by atoms with Crippen LogP contribution in [0.1, 0.15) is 11.1 Å². The Hall–Kier alpha value is -3.71. The first-order valence-corrected chi connectivity index (χ1v) is 11.9. The van der Waals surface area contributed by atoms with Crippen molar-refractivity contribution in [3.63, 3.8) is 0 Å². The van der Waals surface area contributed by atoms with E-state index in [1.165, 1.54) is 35.2 Å². The number of nitrogens with zero attached hydrogens (tertiary/aromatic N) is 3. The number of amides is 1. The van der Waals surface area contributed by atoms with Crippen molar-refractivity contribution in [2.24, 2.45) is 0 Å². The van der Waals surface area contributed by atoms with E-state index in [1.807, 2.05) is 30.3 Å². The molecule has 0 saturated carbocycles. The van der Waals surface area contributed by atoms with Crippen molar-refractivity contribution in [2.45, 2.75) is 16.2 Å². The molecule has 7 nitrogen and oxygen atoms in total. The summed E-state index contributed by atoms with van der Waals surface area (Å²) in [5, 5.41) is 24.4. The van der Waals surface area contributed by atoms with Crippen LogP contribution in [0.2, 0.25) is 5.02 Å². The van der Waals surface area contributed by atoms with E-state index >= 15 is 0 Å². The fraction of sp³-hybridized carbons (Fsp3) is 0.0417. The van der Waals surface area contributed by atoms with Crippen LogP contribution in [-0.4, -0.2) is 15.8 Å². The first-order valence-electron chi connectivity index (χ1n) is 9.86. The molecule has 168 valence electrons. The van der Waals surface area contributed by atoms with Crippen molar-refractivity contribution in [3.8, 4) is 6.07 Å². The molecule has 0 aliphatic heterocycles. The first kappa shape index (κ1) is 23.4. The summed E-state index contributed by atoms with van der Waals surface area (Å²) >= 11 is 8.73. The van der Waals surface area contributed by atoms with Crippen LogP contribution in [0.4, 0.5) is 11.4 Å². The van der Waals surface area contributed by atoms with Gasteiger partial charge in [0.25, 0.3) is 11.6 Å². The van der Waals surface area contributed by atoms with Crippen LogP contribution in [0.15, 0.2) is 75.5 Å². The minimum Gasteiger partial charge on any atom is -0.321 e. The first-order chi connectivity index (χ1) is 16.4. The molecule has 3 aromatic carbocycles. The Morgan fingerprint density at radius 3 is 2.76 bits per heavy atom. The predicted octanol–water partition coefficient (Wildman–Crippen LogP) is 6.86. The Morgan fingerprint density at radius 1 is 1.24 bits per heavy atom. The molecular weight excluding hydrogens is 492 g/mol. The molecular formula is C24H15ClN4O3S2. The van der Waals surface area contributed by atoms with E-state index in [0.717, 1.165) is 10.2 Å². The number of benzene rings is 3. The maximum absolute atomic E-state index is 12.6. The van der Waals surface area contributed by atoms with Crippen LogP contribution in [-0.2, 0) is 4.79 Å². The van der Waals surface area contributed by atoms with Gasteiger partial charge in [0.2, 0.25) is 0 Å². The number of aromatic nitrogens is 1. The number of nitro groups is 1. The van der Waals surface area contributed by atoms with Crippen LogP contribution in [0, 0.1) is 28.4 Å². The second-order valence-corrected chi connectivity index (χ2v) is 9.80. The molecule has 1 amide bonds. The van der Waals surface area contributed by atoms with Gasteiger partial charge in [-0.3, -0.25) is 14.9 Å². The van der Waals surface area contributed by atoms with Gasteiger partial charge in [0.1, 0.15) is 11.6 Å². The van der Waals surface area contributed by atoms with Crippen LogP contribution < -0.4 is 5.32 Å². The Labute approximate surface area is 207 Å². The number of carbonyl (C=O) groups is 1. The normalized spacial score (nSPS) is 11.3. The highest BCUT2D eigenvalue weighted by Gasteiger charge is 2.18. The molecule has 0 saturated heterocycles. The van der Waals surface area contributed by atoms with E-state index in [4.69, 9.17) is 11.6 Å². The molecule has 0 unspecified atom stereocenters. The van der Waals surface area contributed by atoms with E-state index in [1.54, 1.807) is 37.3 Å². The molecule has 0 bridgehead atoms. The maximum atomic E-state index is 12.6. The molecule has 0 fully saturated rings. The quantitative estimate of drug-likeness (QED) is 0.132. The summed E-state index contributed by atoms with van der Waals surface area (Å²) in [5.41, 5.74) is 2.00. The molecule has 34 heavy (non-hydrogen) atoms. The zero-order valence-corrected chi connectivity index (χ0v) is 20.0. The number of hydrogen-bond acceptors (Lipinski definition) is 7. The summed E-state index contributed by atoms with van der Waals surface area (Å²) in [6.45, 7) is 1.75. The van der Waals surface area contributed by atoms with Crippen LogP contribution in [0.25, 0.3) is 16.3 Å². The Kier molecular flexibility index (Phi) is 6.93. The van der Waals surface area contributed by atoms with Crippen LogP contribution in [0.3, 0.4) is 0 Å². The molecule has 10 heteroatoms. The van der Waals surface area contributed by atoms with Gasteiger partial charge < -0.3 is 5.32 Å². The van der Waals surface area contributed by atoms with Crippen LogP contribution >= 0.6 is 34.7 Å². The molecule has 0 atom stereocenters. The Balaban J connectivity index is 1.61. The largest absolute Gasteiger partial charge is 0.321 e. The van der Waals surface area contributed by atoms with Crippen molar-refractivity contribution < 1.29 is 9.72 Å². The lowest BCUT2D eigenvalue weighted by Crippen LogP contribution is -2.14. The average molecular weight is 507 g/mol. The summed E-state index contributed by atoms with van der Waals surface area (Å²) < 4.78 is 1.67. The number of fused-ring (bicyclic) bond motifs is 1. The number of anilines is 1. The highest BCUT2D eigenvalue weighted by molar-refractivity contribution is 8.01. The lowest BCUT2D eigenvalue weighted by molar-refractivity contribution is -0.387. The highest BCUT2D eigenvalue weighted by atomic mass is 35.5. The number of halogens is 1. The van der Waals surface area contributed by atoms with Gasteiger partial charge in [-0.05, 0) is 54.5 Å². The van der Waals surface area contributed by atoms with Gasteiger partial charge in [0.05, 0.1) is 20.0 Å². The number of nitriles is 1. The summed E-state index contributed by atoms with van der Waals surface area (Å²) in [6.07, 6.45) is 1.31. The number of thiazole rings is 1. The van der Waals surface area contributed by atoms with E-state index < -0.39 is 10.8 Å². The van der Waals surface area contributed by atoms with Gasteiger partial charge in [0, 0.05) is 16.8 Å². The van der Waals surface area contributed by atoms with Crippen molar-refractivity contribution >= 4 is 68.3 Å². The number of rotatable bonds is 6. The van der Waals surface area contributed by atoms with Gasteiger partial charge >= 0.3 is 0 Å². The lowest BCUT2D eigenvalue weighted by Gasteiger charge is -2.09. The van der Waals surface area contributed by atoms with E-state index in [9.17, 15) is 20.2 Å². The van der Waals surface area contributed by atoms with Gasteiger partial charge in [-0.1, -0.05) is 47.6 Å². The minimum atomic E-state index is -0.636. The predicted molar refractivity (Wildman–Crippen MR) is 135 cm³/mol. The maximum Gasteiger partial charge on any atom is 0.283 e. The van der Waals surface area contributed by atoms with Crippen molar-refractivity contribution in [1.82, 2.24) is 4.98 Å². The smallest absolute Gasteiger partial charge is 0.283 e. The number of para-hydroxylation sites is 1. The molecule has 0 aliphatic rings. The molecule has 1 heterocycles. The second-order valence-electron chi connectivity index (χ2n) is 7.07. The topological polar surface area (TPSA) is 109 Å². The van der Waals surface area contributed by atoms with Gasteiger partial charge in [-0.15, -0.1) is 11.3 Å². The molecule has 1 aromatic heterocycles. The van der Waals surface area contributed by atoms with Crippen molar-refractivity contribution in [1.29, 1.82) is 5.26 Å². The number of hydrogen-bond donors (Lipinski definition) is 1. The molecule has 0 aliphatic carbocycles. The van der Waals surface area contributed by atoms with Gasteiger partial charge in [0.15, 0.2) is 4.34 Å². The number of nitro benzene ring substituents is 1. The molecule has 0 radical (unpaired) electrons. The monoisotopic (exact) mass is 506 g/mol. The lowest BCUT2D eigenvalue weighted by atomic mass is 10.1. The summed E-state index contributed by atoms with van der Waals surface area (Å²) in [6, 6.07) is 19.1. The molecule has 1 N–H and O–H groups in total. The summed E-state index contributed by atoms with van der Waals surface area (Å²) in [7, 11) is 0. The second kappa shape index (κ2) is 10.1. The third-order valence-electron chi connectivity index (χ3n) is 4.84. The zero-order chi connectivity index (χ0) is 24.2. The van der Waals surface area contributed by atoms with Gasteiger partial charge in [-0.2, -0.15) is 5.26 Å². The molecule has 4 rings (SSSR count). The fourth-order valence-electron chi connectivity index (χ4n) is 3.09. The van der Waals surface area contributed by atoms with Crippen molar-refractivity contribution in [2.75, 3.05) is 5.32 Å². The highest BCUT2D eigenvalue weighted by Crippen LogP contribution is 2.39. The van der Waals surface area contributed by atoms with E-state index in [2.05, 4.69) is 10.3 Å². The Bertz CT molecular complexity index is 1470. The number of nitrogens with one attached hydrogen (secondary N) is 1. The number of carbonyl (C=O) groups excluding carboxylic acids is 1. The third kappa shape index (κ3) is 5.10. The standard InChI is InChI=1S/C24H15ClN4O3S2/c1-14-17(25)5-4-7-18(14)27-23(30)16(13-26)11-15-9-10-22(20(12-15)29(31)32)34-24-28-19-6-2-3-8-21(19)33-24/h2-12H,1H3,(H,27,30)/b16-11+. The van der Waals surface area contributed by atoms with Gasteiger partial charge in [-0.25, -0.2) is 4.98 Å². The molecule has 0 spiro atoms. The minimum absolute atomic E-state index is 0.138. The van der Waals surface area contributed by atoms with E-state index in [-0.39, 0.29) is 11.3 Å².